The zero-order valence-electron chi connectivity index (χ0n) is 11.0. The van der Waals surface area contributed by atoms with Gasteiger partial charge in [-0.15, -0.1) is 0 Å². The Hall–Kier alpha value is -1.78. The van der Waals surface area contributed by atoms with Crippen molar-refractivity contribution in [3.05, 3.63) is 42.1 Å². The Kier molecular flexibility index (Phi) is 4.39. The van der Waals surface area contributed by atoms with Gasteiger partial charge >= 0.3 is 6.18 Å². The SMILES string of the molecule is CC(C)(C)C(=O)/C=C/Nc1cccc(C(F)(F)F)c1. The lowest BCUT2D eigenvalue weighted by Gasteiger charge is -2.13. The number of hydrogen-bond donors (Lipinski definition) is 1. The van der Waals surface area contributed by atoms with Crippen LogP contribution in [0.1, 0.15) is 26.3 Å². The minimum atomic E-state index is -4.37. The second kappa shape index (κ2) is 5.47. The van der Waals surface area contributed by atoms with Crippen LogP contribution in [0.15, 0.2) is 36.5 Å². The van der Waals surface area contributed by atoms with E-state index in [0.29, 0.717) is 0 Å². The zero-order valence-corrected chi connectivity index (χ0v) is 11.0. The van der Waals surface area contributed by atoms with Crippen molar-refractivity contribution in [2.24, 2.45) is 5.41 Å². The highest BCUT2D eigenvalue weighted by Gasteiger charge is 2.30. The predicted octanol–water partition coefficient (Wildman–Crippen LogP) is 4.25. The molecule has 1 aromatic carbocycles. The molecule has 0 radical (unpaired) electrons. The normalized spacial score (nSPS) is 12.7. The highest BCUT2D eigenvalue weighted by Crippen LogP contribution is 2.30. The molecule has 0 bridgehead atoms. The number of carbonyl (C=O) groups is 1. The summed E-state index contributed by atoms with van der Waals surface area (Å²) in [5.74, 6) is -0.105. The molecule has 0 saturated carbocycles. The van der Waals surface area contributed by atoms with Crippen LogP contribution in [0.25, 0.3) is 0 Å². The summed E-state index contributed by atoms with van der Waals surface area (Å²) in [6, 6.07) is 4.80. The van der Waals surface area contributed by atoms with Crippen molar-refractivity contribution in [3.8, 4) is 0 Å². The van der Waals surface area contributed by atoms with E-state index in [0.717, 1.165) is 12.1 Å². The lowest BCUT2D eigenvalue weighted by Crippen LogP contribution is -2.17. The molecule has 2 nitrogen and oxygen atoms in total. The van der Waals surface area contributed by atoms with Crippen molar-refractivity contribution in [2.75, 3.05) is 5.32 Å². The van der Waals surface area contributed by atoms with Gasteiger partial charge in [-0.1, -0.05) is 26.8 Å². The Morgan fingerprint density at radius 2 is 1.84 bits per heavy atom. The molecule has 0 amide bonds. The summed E-state index contributed by atoms with van der Waals surface area (Å²) in [7, 11) is 0. The molecule has 5 heteroatoms. The highest BCUT2D eigenvalue weighted by molar-refractivity contribution is 5.94. The van der Waals surface area contributed by atoms with E-state index in [1.807, 2.05) is 0 Å². The molecule has 0 spiro atoms. The van der Waals surface area contributed by atoms with Crippen LogP contribution >= 0.6 is 0 Å². The maximum atomic E-state index is 12.5. The predicted molar refractivity (Wildman–Crippen MR) is 68.7 cm³/mol. The third-order valence-electron chi connectivity index (χ3n) is 2.41. The lowest BCUT2D eigenvalue weighted by molar-refractivity contribution is -0.137. The average Bonchev–Trinajstić information content (AvgIpc) is 2.27. The first-order chi connectivity index (χ1) is 8.60. The van der Waals surface area contributed by atoms with Crippen molar-refractivity contribution in [2.45, 2.75) is 26.9 Å². The molecule has 19 heavy (non-hydrogen) atoms. The van der Waals surface area contributed by atoms with Crippen LogP contribution in [-0.2, 0) is 11.0 Å². The minimum Gasteiger partial charge on any atom is -0.362 e. The van der Waals surface area contributed by atoms with Crippen LogP contribution in [0.3, 0.4) is 0 Å². The average molecular weight is 271 g/mol. The van der Waals surface area contributed by atoms with Crippen LogP contribution in [0.4, 0.5) is 18.9 Å². The number of anilines is 1. The molecule has 1 N–H and O–H groups in total. The number of rotatable bonds is 3. The Morgan fingerprint density at radius 3 is 2.37 bits per heavy atom. The number of hydrogen-bond acceptors (Lipinski definition) is 2. The van der Waals surface area contributed by atoms with Crippen LogP contribution in [-0.4, -0.2) is 5.78 Å². The Bertz CT molecular complexity index is 484. The summed E-state index contributed by atoms with van der Waals surface area (Å²) in [6.45, 7) is 5.30. The number of halogens is 3. The second-order valence-corrected chi connectivity index (χ2v) is 5.17. The van der Waals surface area contributed by atoms with Crippen LogP contribution in [0, 0.1) is 5.41 Å². The first-order valence-electron chi connectivity index (χ1n) is 5.75. The van der Waals surface area contributed by atoms with Crippen LogP contribution in [0.2, 0.25) is 0 Å². The van der Waals surface area contributed by atoms with E-state index >= 15 is 0 Å². The largest absolute Gasteiger partial charge is 0.416 e. The van der Waals surface area contributed by atoms with Gasteiger partial charge in [-0.3, -0.25) is 4.79 Å². The number of benzene rings is 1. The van der Waals surface area contributed by atoms with E-state index in [2.05, 4.69) is 5.32 Å². The van der Waals surface area contributed by atoms with Gasteiger partial charge < -0.3 is 5.32 Å². The van der Waals surface area contributed by atoms with E-state index in [1.165, 1.54) is 24.4 Å². The van der Waals surface area contributed by atoms with Crippen molar-refractivity contribution >= 4 is 11.5 Å². The summed E-state index contributed by atoms with van der Waals surface area (Å²) < 4.78 is 37.4. The van der Waals surface area contributed by atoms with E-state index in [4.69, 9.17) is 0 Å². The number of nitrogens with one attached hydrogen (secondary N) is 1. The van der Waals surface area contributed by atoms with Crippen LogP contribution < -0.4 is 5.32 Å². The third-order valence-corrected chi connectivity index (χ3v) is 2.41. The molecular formula is C14H16F3NO. The van der Waals surface area contributed by atoms with Gasteiger partial charge in [-0.05, 0) is 24.3 Å². The maximum Gasteiger partial charge on any atom is 0.416 e. The number of ketones is 1. The molecule has 1 aromatic rings. The van der Waals surface area contributed by atoms with Gasteiger partial charge in [0.2, 0.25) is 0 Å². The van der Waals surface area contributed by atoms with Gasteiger partial charge in [0.25, 0.3) is 0 Å². The number of carbonyl (C=O) groups excluding carboxylic acids is 1. The molecule has 0 aliphatic carbocycles. The molecule has 0 aliphatic rings. The Morgan fingerprint density at radius 1 is 1.21 bits per heavy atom. The van der Waals surface area contributed by atoms with E-state index < -0.39 is 17.2 Å². The highest BCUT2D eigenvalue weighted by atomic mass is 19.4. The zero-order chi connectivity index (χ0) is 14.7. The number of alkyl halides is 3. The maximum absolute atomic E-state index is 12.5. The first-order valence-corrected chi connectivity index (χ1v) is 5.75. The molecule has 0 atom stereocenters. The first kappa shape index (κ1) is 15.3. The molecule has 0 heterocycles. The molecule has 0 aromatic heterocycles. The fourth-order valence-corrected chi connectivity index (χ4v) is 1.25. The molecule has 0 fully saturated rings. The second-order valence-electron chi connectivity index (χ2n) is 5.17. The third kappa shape index (κ3) is 4.77. The van der Waals surface area contributed by atoms with Crippen molar-refractivity contribution in [3.63, 3.8) is 0 Å². The molecular weight excluding hydrogens is 255 g/mol. The van der Waals surface area contributed by atoms with E-state index in [1.54, 1.807) is 20.8 Å². The number of allylic oxidation sites excluding steroid dienone is 1. The molecule has 0 unspecified atom stereocenters. The summed E-state index contributed by atoms with van der Waals surface area (Å²) in [4.78, 5) is 11.6. The van der Waals surface area contributed by atoms with Gasteiger partial charge in [-0.2, -0.15) is 13.2 Å². The van der Waals surface area contributed by atoms with E-state index in [9.17, 15) is 18.0 Å². The summed E-state index contributed by atoms with van der Waals surface area (Å²) in [5.41, 5.74) is -0.952. The van der Waals surface area contributed by atoms with E-state index in [-0.39, 0.29) is 11.5 Å². The quantitative estimate of drug-likeness (QED) is 0.833. The van der Waals surface area contributed by atoms with Crippen molar-refractivity contribution < 1.29 is 18.0 Å². The monoisotopic (exact) mass is 271 g/mol. The van der Waals surface area contributed by atoms with Crippen LogP contribution in [0.5, 0.6) is 0 Å². The molecule has 0 saturated heterocycles. The summed E-state index contributed by atoms with van der Waals surface area (Å²) >= 11 is 0. The minimum absolute atomic E-state index is 0.105. The fraction of sp³-hybridized carbons (Fsp3) is 0.357. The lowest BCUT2D eigenvalue weighted by atomic mass is 9.91. The fourth-order valence-electron chi connectivity index (χ4n) is 1.25. The summed E-state index contributed by atoms with van der Waals surface area (Å²) in [5, 5.41) is 2.66. The van der Waals surface area contributed by atoms with Crippen molar-refractivity contribution in [1.82, 2.24) is 0 Å². The van der Waals surface area contributed by atoms with Crippen molar-refractivity contribution in [1.29, 1.82) is 0 Å². The summed E-state index contributed by atoms with van der Waals surface area (Å²) in [6.07, 6.45) is -1.70. The van der Waals surface area contributed by atoms with Gasteiger partial charge in [0, 0.05) is 17.3 Å². The Balaban J connectivity index is 2.74. The van der Waals surface area contributed by atoms with Gasteiger partial charge in [0.15, 0.2) is 5.78 Å². The molecule has 0 aliphatic heterocycles. The van der Waals surface area contributed by atoms with Gasteiger partial charge in [-0.25, -0.2) is 0 Å². The Labute approximate surface area is 110 Å². The molecule has 104 valence electrons. The van der Waals surface area contributed by atoms with Gasteiger partial charge in [0.05, 0.1) is 5.56 Å². The smallest absolute Gasteiger partial charge is 0.362 e. The van der Waals surface area contributed by atoms with Gasteiger partial charge in [0.1, 0.15) is 0 Å². The standard InChI is InChI=1S/C14H16F3NO/c1-13(2,3)12(19)7-8-18-11-6-4-5-10(9-11)14(15,16)17/h4-9,18H,1-3H3/b8-7+. The molecule has 1 rings (SSSR count). The topological polar surface area (TPSA) is 29.1 Å².